The van der Waals surface area contributed by atoms with Gasteiger partial charge < -0.3 is 4.74 Å². The van der Waals surface area contributed by atoms with Gasteiger partial charge in [0.25, 0.3) is 11.8 Å². The summed E-state index contributed by atoms with van der Waals surface area (Å²) < 4.78 is 5.78. The van der Waals surface area contributed by atoms with Crippen LogP contribution in [0.3, 0.4) is 0 Å². The molecule has 0 radical (unpaired) electrons. The maximum absolute atomic E-state index is 12.3. The monoisotopic (exact) mass is 375 g/mol. The van der Waals surface area contributed by atoms with Crippen molar-refractivity contribution in [2.45, 2.75) is 19.4 Å². The predicted octanol–water partition coefficient (Wildman–Crippen LogP) is 3.37. The van der Waals surface area contributed by atoms with E-state index >= 15 is 0 Å². The molecule has 0 aliphatic carbocycles. The Labute approximate surface area is 163 Å². The lowest BCUT2D eigenvalue weighted by molar-refractivity contribution is -0.128. The molecule has 0 aliphatic rings. The number of carbonyl (C=O) groups is 2. The average molecular weight is 375 g/mol. The molecule has 0 fully saturated rings. The van der Waals surface area contributed by atoms with E-state index in [1.54, 1.807) is 12.1 Å². The summed E-state index contributed by atoms with van der Waals surface area (Å²) in [6.07, 6.45) is 2.75. The van der Waals surface area contributed by atoms with Gasteiger partial charge in [0.2, 0.25) is 0 Å². The lowest BCUT2D eigenvalue weighted by Gasteiger charge is -2.18. The van der Waals surface area contributed by atoms with Crippen molar-refractivity contribution in [1.82, 2.24) is 15.8 Å². The van der Waals surface area contributed by atoms with Gasteiger partial charge in [-0.05, 0) is 41.8 Å². The van der Waals surface area contributed by atoms with E-state index in [9.17, 15) is 9.59 Å². The van der Waals surface area contributed by atoms with Crippen LogP contribution in [0.4, 0.5) is 0 Å². The van der Waals surface area contributed by atoms with E-state index in [-0.39, 0.29) is 0 Å². The van der Waals surface area contributed by atoms with Crippen LogP contribution < -0.4 is 15.6 Å². The van der Waals surface area contributed by atoms with Crippen LogP contribution >= 0.6 is 0 Å². The van der Waals surface area contributed by atoms with E-state index in [1.807, 2.05) is 61.5 Å². The molecule has 2 aromatic carbocycles. The SMILES string of the molecule is CCC(Oc1ccc(-c2ccccc2)cc1)C(=O)NNC(=O)c1ccncc1. The smallest absolute Gasteiger partial charge is 0.279 e. The van der Waals surface area contributed by atoms with Crippen LogP contribution in [0.5, 0.6) is 5.75 Å². The third kappa shape index (κ3) is 4.94. The Morgan fingerprint density at radius 3 is 2.18 bits per heavy atom. The van der Waals surface area contributed by atoms with Crippen LogP contribution in [0, 0.1) is 0 Å². The molecule has 2 N–H and O–H groups in total. The molecule has 1 aromatic heterocycles. The van der Waals surface area contributed by atoms with Gasteiger partial charge in [0.05, 0.1) is 0 Å². The van der Waals surface area contributed by atoms with Gasteiger partial charge in [-0.3, -0.25) is 25.4 Å². The van der Waals surface area contributed by atoms with Gasteiger partial charge in [-0.15, -0.1) is 0 Å². The highest BCUT2D eigenvalue weighted by atomic mass is 16.5. The molecular weight excluding hydrogens is 354 g/mol. The summed E-state index contributed by atoms with van der Waals surface area (Å²) in [5.74, 6) is -0.253. The summed E-state index contributed by atoms with van der Waals surface area (Å²) in [6, 6.07) is 20.7. The molecular formula is C22H21N3O3. The number of amides is 2. The predicted molar refractivity (Wildman–Crippen MR) is 106 cm³/mol. The number of ether oxygens (including phenoxy) is 1. The summed E-state index contributed by atoms with van der Waals surface area (Å²) >= 11 is 0. The van der Waals surface area contributed by atoms with Gasteiger partial charge in [-0.25, -0.2) is 0 Å². The van der Waals surface area contributed by atoms with E-state index in [2.05, 4.69) is 15.8 Å². The molecule has 6 nitrogen and oxygen atoms in total. The molecule has 28 heavy (non-hydrogen) atoms. The molecule has 0 saturated carbocycles. The summed E-state index contributed by atoms with van der Waals surface area (Å²) in [4.78, 5) is 28.2. The van der Waals surface area contributed by atoms with Gasteiger partial charge in [-0.1, -0.05) is 49.4 Å². The first-order valence-electron chi connectivity index (χ1n) is 8.99. The van der Waals surface area contributed by atoms with Crippen molar-refractivity contribution in [3.63, 3.8) is 0 Å². The maximum atomic E-state index is 12.3. The lowest BCUT2D eigenvalue weighted by atomic mass is 10.1. The number of pyridine rings is 1. The van der Waals surface area contributed by atoms with E-state index < -0.39 is 17.9 Å². The Morgan fingerprint density at radius 2 is 1.54 bits per heavy atom. The van der Waals surface area contributed by atoms with Crippen molar-refractivity contribution in [1.29, 1.82) is 0 Å². The highest BCUT2D eigenvalue weighted by Gasteiger charge is 2.19. The minimum Gasteiger partial charge on any atom is -0.481 e. The molecule has 6 heteroatoms. The van der Waals surface area contributed by atoms with Crippen molar-refractivity contribution < 1.29 is 14.3 Å². The van der Waals surface area contributed by atoms with Crippen molar-refractivity contribution in [2.24, 2.45) is 0 Å². The molecule has 142 valence electrons. The molecule has 0 saturated heterocycles. The maximum Gasteiger partial charge on any atom is 0.279 e. The van der Waals surface area contributed by atoms with Crippen LogP contribution in [0.25, 0.3) is 11.1 Å². The first-order chi connectivity index (χ1) is 13.7. The minimum absolute atomic E-state index is 0.403. The lowest BCUT2D eigenvalue weighted by Crippen LogP contribution is -2.47. The quantitative estimate of drug-likeness (QED) is 0.648. The number of nitrogens with zero attached hydrogens (tertiary/aromatic N) is 1. The van der Waals surface area contributed by atoms with Gasteiger partial charge >= 0.3 is 0 Å². The highest BCUT2D eigenvalue weighted by Crippen LogP contribution is 2.23. The van der Waals surface area contributed by atoms with E-state index in [0.717, 1.165) is 11.1 Å². The number of rotatable bonds is 6. The molecule has 1 heterocycles. The number of hydrazine groups is 1. The molecule has 0 bridgehead atoms. The zero-order chi connectivity index (χ0) is 19.8. The fourth-order valence-electron chi connectivity index (χ4n) is 2.62. The summed E-state index contributed by atoms with van der Waals surface area (Å²) in [5, 5.41) is 0. The van der Waals surface area contributed by atoms with Crippen LogP contribution in [0.15, 0.2) is 79.1 Å². The number of hydrogen-bond acceptors (Lipinski definition) is 4. The first kappa shape index (κ1) is 19.1. The third-order valence-corrected chi connectivity index (χ3v) is 4.14. The second-order valence-electron chi connectivity index (χ2n) is 6.08. The van der Waals surface area contributed by atoms with Gasteiger partial charge in [-0.2, -0.15) is 0 Å². The molecule has 2 amide bonds. The average Bonchev–Trinajstić information content (AvgIpc) is 2.77. The zero-order valence-corrected chi connectivity index (χ0v) is 15.5. The number of nitrogens with one attached hydrogen (secondary N) is 2. The Bertz CT molecular complexity index is 913. The summed E-state index contributed by atoms with van der Waals surface area (Å²) in [6.45, 7) is 1.84. The topological polar surface area (TPSA) is 80.3 Å². The fourth-order valence-corrected chi connectivity index (χ4v) is 2.62. The van der Waals surface area contributed by atoms with Crippen LogP contribution in [0.2, 0.25) is 0 Å². The number of benzene rings is 2. The van der Waals surface area contributed by atoms with E-state index in [1.165, 1.54) is 12.4 Å². The summed E-state index contributed by atoms with van der Waals surface area (Å²) in [7, 11) is 0. The molecule has 3 rings (SSSR count). The van der Waals surface area contributed by atoms with Crippen molar-refractivity contribution >= 4 is 11.8 Å². The molecule has 3 aromatic rings. The number of hydrogen-bond donors (Lipinski definition) is 2. The second kappa shape index (κ2) is 9.32. The first-order valence-corrected chi connectivity index (χ1v) is 8.99. The fraction of sp³-hybridized carbons (Fsp3) is 0.136. The van der Waals surface area contributed by atoms with Crippen molar-refractivity contribution in [2.75, 3.05) is 0 Å². The zero-order valence-electron chi connectivity index (χ0n) is 15.5. The standard InChI is InChI=1S/C22H21N3O3/c1-2-20(22(27)25-24-21(26)18-12-14-23-15-13-18)28-19-10-8-17(9-11-19)16-6-4-3-5-7-16/h3-15,20H,2H2,1H3,(H,24,26)(H,25,27). The number of aromatic nitrogens is 1. The largest absolute Gasteiger partial charge is 0.481 e. The van der Waals surface area contributed by atoms with Crippen molar-refractivity contribution in [3.8, 4) is 16.9 Å². The molecule has 0 aliphatic heterocycles. The van der Waals surface area contributed by atoms with Crippen molar-refractivity contribution in [3.05, 3.63) is 84.7 Å². The Kier molecular flexibility index (Phi) is 6.36. The van der Waals surface area contributed by atoms with Crippen LogP contribution in [-0.2, 0) is 4.79 Å². The Morgan fingerprint density at radius 1 is 0.893 bits per heavy atom. The van der Waals surface area contributed by atoms with Crippen LogP contribution in [0.1, 0.15) is 23.7 Å². The third-order valence-electron chi connectivity index (χ3n) is 4.14. The van der Waals surface area contributed by atoms with Crippen LogP contribution in [-0.4, -0.2) is 22.9 Å². The number of carbonyl (C=O) groups excluding carboxylic acids is 2. The highest BCUT2D eigenvalue weighted by molar-refractivity contribution is 5.95. The second-order valence-corrected chi connectivity index (χ2v) is 6.08. The van der Waals surface area contributed by atoms with Gasteiger partial charge in [0.15, 0.2) is 6.10 Å². The molecule has 0 spiro atoms. The Balaban J connectivity index is 1.57. The minimum atomic E-state index is -0.722. The van der Waals surface area contributed by atoms with E-state index in [0.29, 0.717) is 17.7 Å². The molecule has 1 atom stereocenters. The summed E-state index contributed by atoms with van der Waals surface area (Å²) in [5.41, 5.74) is 7.37. The van der Waals surface area contributed by atoms with E-state index in [4.69, 9.17) is 4.74 Å². The molecule has 1 unspecified atom stereocenters. The Hall–Kier alpha value is -3.67. The van der Waals surface area contributed by atoms with Gasteiger partial charge in [0, 0.05) is 18.0 Å². The normalized spacial score (nSPS) is 11.3. The van der Waals surface area contributed by atoms with Gasteiger partial charge in [0.1, 0.15) is 5.75 Å².